The molecular formula is C15H21FN2. The molecular weight excluding hydrogens is 227 g/mol. The molecule has 0 saturated heterocycles. The third-order valence-corrected chi connectivity index (χ3v) is 3.07. The minimum atomic E-state index is -0.244. The van der Waals surface area contributed by atoms with Crippen LogP contribution < -0.4 is 5.73 Å². The van der Waals surface area contributed by atoms with Crippen molar-refractivity contribution in [2.24, 2.45) is 5.73 Å². The maximum Gasteiger partial charge on any atom is 0.124 e. The Morgan fingerprint density at radius 3 is 2.72 bits per heavy atom. The molecule has 3 heteroatoms. The zero-order valence-corrected chi connectivity index (χ0v) is 11.3. The second-order valence-electron chi connectivity index (χ2n) is 4.53. The molecule has 1 aromatic rings. The predicted molar refractivity (Wildman–Crippen MR) is 73.6 cm³/mol. The standard InChI is InChI=1S/C15H21FN2/c1-4-12(2)18(3)11-14-8-13(6-5-7-17)9-15(16)10-14/h8-10,12H,4,7,11,17H2,1-3H3. The fourth-order valence-corrected chi connectivity index (χ4v) is 1.72. The lowest BCUT2D eigenvalue weighted by Gasteiger charge is -2.23. The summed E-state index contributed by atoms with van der Waals surface area (Å²) in [5.41, 5.74) is 6.95. The van der Waals surface area contributed by atoms with Crippen molar-refractivity contribution in [2.75, 3.05) is 13.6 Å². The largest absolute Gasteiger partial charge is 0.320 e. The summed E-state index contributed by atoms with van der Waals surface area (Å²) in [5.74, 6) is 5.37. The van der Waals surface area contributed by atoms with Crippen LogP contribution in [0, 0.1) is 17.7 Å². The molecule has 1 rings (SSSR count). The van der Waals surface area contributed by atoms with Gasteiger partial charge in [0, 0.05) is 18.2 Å². The van der Waals surface area contributed by atoms with Crippen LogP contribution in [0.2, 0.25) is 0 Å². The molecule has 0 aliphatic heterocycles. The van der Waals surface area contributed by atoms with E-state index < -0.39 is 0 Å². The zero-order valence-electron chi connectivity index (χ0n) is 11.3. The summed E-state index contributed by atoms with van der Waals surface area (Å²) in [6.45, 7) is 5.32. The molecule has 18 heavy (non-hydrogen) atoms. The van der Waals surface area contributed by atoms with Crippen LogP contribution in [0.25, 0.3) is 0 Å². The molecule has 2 nitrogen and oxygen atoms in total. The summed E-state index contributed by atoms with van der Waals surface area (Å²) in [4.78, 5) is 2.20. The van der Waals surface area contributed by atoms with E-state index in [1.807, 2.05) is 13.1 Å². The van der Waals surface area contributed by atoms with Crippen LogP contribution in [0.3, 0.4) is 0 Å². The zero-order chi connectivity index (χ0) is 13.5. The second kappa shape index (κ2) is 7.15. The highest BCUT2D eigenvalue weighted by molar-refractivity contribution is 5.38. The fourth-order valence-electron chi connectivity index (χ4n) is 1.72. The van der Waals surface area contributed by atoms with E-state index in [-0.39, 0.29) is 5.82 Å². The van der Waals surface area contributed by atoms with Gasteiger partial charge in [-0.2, -0.15) is 0 Å². The Bertz CT molecular complexity index is 446. The molecule has 0 aliphatic rings. The average Bonchev–Trinajstić information content (AvgIpc) is 2.34. The molecule has 0 radical (unpaired) electrons. The van der Waals surface area contributed by atoms with E-state index in [2.05, 4.69) is 30.6 Å². The van der Waals surface area contributed by atoms with E-state index in [1.165, 1.54) is 6.07 Å². The predicted octanol–water partition coefficient (Wildman–Crippen LogP) is 2.37. The lowest BCUT2D eigenvalue weighted by Crippen LogP contribution is -2.27. The summed E-state index contributed by atoms with van der Waals surface area (Å²) in [6.07, 6.45) is 1.08. The number of halogens is 1. The van der Waals surface area contributed by atoms with Crippen LogP contribution >= 0.6 is 0 Å². The third kappa shape index (κ3) is 4.48. The highest BCUT2D eigenvalue weighted by Crippen LogP contribution is 2.12. The number of hydrogen-bond donors (Lipinski definition) is 1. The molecule has 0 aliphatic carbocycles. The smallest absolute Gasteiger partial charge is 0.124 e. The number of nitrogens with two attached hydrogens (primary N) is 1. The van der Waals surface area contributed by atoms with Crippen LogP contribution in [0.15, 0.2) is 18.2 Å². The number of benzene rings is 1. The van der Waals surface area contributed by atoms with Gasteiger partial charge in [0.15, 0.2) is 0 Å². The van der Waals surface area contributed by atoms with E-state index in [1.54, 1.807) is 6.07 Å². The van der Waals surface area contributed by atoms with Crippen molar-refractivity contribution >= 4 is 0 Å². The number of rotatable bonds is 4. The molecule has 0 aromatic heterocycles. The summed E-state index contributed by atoms with van der Waals surface area (Å²) >= 11 is 0. The maximum atomic E-state index is 13.5. The molecule has 1 unspecified atom stereocenters. The molecule has 0 bridgehead atoms. The fraction of sp³-hybridized carbons (Fsp3) is 0.467. The van der Waals surface area contributed by atoms with Gasteiger partial charge in [-0.05, 0) is 44.2 Å². The third-order valence-electron chi connectivity index (χ3n) is 3.07. The Balaban J connectivity index is 2.86. The molecule has 0 fully saturated rings. The first-order valence-corrected chi connectivity index (χ1v) is 6.25. The van der Waals surface area contributed by atoms with Gasteiger partial charge in [0.1, 0.15) is 5.82 Å². The maximum absolute atomic E-state index is 13.5. The Morgan fingerprint density at radius 1 is 1.39 bits per heavy atom. The molecule has 0 spiro atoms. The van der Waals surface area contributed by atoms with Gasteiger partial charge in [-0.1, -0.05) is 18.8 Å². The molecule has 0 amide bonds. The van der Waals surface area contributed by atoms with E-state index >= 15 is 0 Å². The van der Waals surface area contributed by atoms with Crippen molar-refractivity contribution < 1.29 is 4.39 Å². The summed E-state index contributed by atoms with van der Waals surface area (Å²) in [6, 6.07) is 5.40. The molecule has 1 aromatic carbocycles. The minimum Gasteiger partial charge on any atom is -0.320 e. The van der Waals surface area contributed by atoms with Crippen LogP contribution in [-0.2, 0) is 6.54 Å². The molecule has 0 heterocycles. The van der Waals surface area contributed by atoms with Crippen molar-refractivity contribution in [2.45, 2.75) is 32.9 Å². The van der Waals surface area contributed by atoms with Crippen molar-refractivity contribution in [1.82, 2.24) is 4.90 Å². The van der Waals surface area contributed by atoms with Crippen molar-refractivity contribution in [3.05, 3.63) is 35.1 Å². The van der Waals surface area contributed by atoms with Crippen molar-refractivity contribution in [3.63, 3.8) is 0 Å². The van der Waals surface area contributed by atoms with Crippen LogP contribution in [0.5, 0.6) is 0 Å². The monoisotopic (exact) mass is 248 g/mol. The number of hydrogen-bond acceptors (Lipinski definition) is 2. The lowest BCUT2D eigenvalue weighted by atomic mass is 10.1. The van der Waals surface area contributed by atoms with Gasteiger partial charge in [-0.15, -0.1) is 0 Å². The second-order valence-corrected chi connectivity index (χ2v) is 4.53. The van der Waals surface area contributed by atoms with Crippen LogP contribution in [0.1, 0.15) is 31.4 Å². The Morgan fingerprint density at radius 2 is 2.11 bits per heavy atom. The van der Waals surface area contributed by atoms with E-state index in [4.69, 9.17) is 5.73 Å². The van der Waals surface area contributed by atoms with E-state index in [0.717, 1.165) is 18.5 Å². The average molecular weight is 248 g/mol. The van der Waals surface area contributed by atoms with E-state index in [0.29, 0.717) is 18.2 Å². The van der Waals surface area contributed by atoms with Crippen LogP contribution in [-0.4, -0.2) is 24.5 Å². The SMILES string of the molecule is CCC(C)N(C)Cc1cc(F)cc(C#CCN)c1. The highest BCUT2D eigenvalue weighted by atomic mass is 19.1. The first kappa shape index (κ1) is 14.7. The molecule has 98 valence electrons. The van der Waals surface area contributed by atoms with Gasteiger partial charge in [0.05, 0.1) is 6.54 Å². The van der Waals surface area contributed by atoms with Crippen LogP contribution in [0.4, 0.5) is 4.39 Å². The first-order chi connectivity index (χ1) is 8.56. The Labute approximate surface area is 109 Å². The summed E-state index contributed by atoms with van der Waals surface area (Å²) in [7, 11) is 2.05. The number of nitrogens with zero attached hydrogens (tertiary/aromatic N) is 1. The van der Waals surface area contributed by atoms with Gasteiger partial charge in [-0.3, -0.25) is 4.90 Å². The highest BCUT2D eigenvalue weighted by Gasteiger charge is 2.08. The van der Waals surface area contributed by atoms with Gasteiger partial charge < -0.3 is 5.73 Å². The quantitative estimate of drug-likeness (QED) is 0.829. The van der Waals surface area contributed by atoms with Gasteiger partial charge in [0.25, 0.3) is 0 Å². The normalized spacial score (nSPS) is 12.1. The van der Waals surface area contributed by atoms with Gasteiger partial charge in [0.2, 0.25) is 0 Å². The van der Waals surface area contributed by atoms with Crippen molar-refractivity contribution in [1.29, 1.82) is 0 Å². The van der Waals surface area contributed by atoms with E-state index in [9.17, 15) is 4.39 Å². The Hall–Kier alpha value is -1.37. The topological polar surface area (TPSA) is 29.3 Å². The minimum absolute atomic E-state index is 0.244. The van der Waals surface area contributed by atoms with Gasteiger partial charge in [-0.25, -0.2) is 4.39 Å². The van der Waals surface area contributed by atoms with Gasteiger partial charge >= 0.3 is 0 Å². The summed E-state index contributed by atoms with van der Waals surface area (Å²) < 4.78 is 13.5. The summed E-state index contributed by atoms with van der Waals surface area (Å²) in [5, 5.41) is 0. The molecule has 0 saturated carbocycles. The molecule has 1 atom stereocenters. The molecule has 2 N–H and O–H groups in total. The lowest BCUT2D eigenvalue weighted by molar-refractivity contribution is 0.243. The van der Waals surface area contributed by atoms with Crippen molar-refractivity contribution in [3.8, 4) is 11.8 Å². The first-order valence-electron chi connectivity index (χ1n) is 6.25. The Kier molecular flexibility index (Phi) is 5.84.